The number of hydrogen-bond acceptors (Lipinski definition) is 5. The zero-order chi connectivity index (χ0) is 19.1. The highest BCUT2D eigenvalue weighted by molar-refractivity contribution is 6.30. The van der Waals surface area contributed by atoms with Gasteiger partial charge < -0.3 is 19.7 Å². The van der Waals surface area contributed by atoms with E-state index in [-0.39, 0.29) is 11.8 Å². The molecule has 0 bridgehead atoms. The molecule has 0 atom stereocenters. The molecule has 1 aromatic carbocycles. The standard InChI is InChI=1S/C20H24ClN3O3/c1-26-17-3-5-18(6-4-17)27-13-10-22-20(25)15-8-11-24(12-9-15)19-7-2-16(21)14-23-19/h2-7,14-15H,8-13H2,1H3,(H,22,25). The number of hydrogen-bond donors (Lipinski definition) is 1. The first-order valence-corrected chi connectivity index (χ1v) is 9.44. The number of carbonyl (C=O) groups excluding carboxylic acids is 1. The number of nitrogens with zero attached hydrogens (tertiary/aromatic N) is 2. The van der Waals surface area contributed by atoms with Crippen LogP contribution in [0.2, 0.25) is 5.02 Å². The molecule has 1 aliphatic heterocycles. The van der Waals surface area contributed by atoms with Crippen molar-refractivity contribution < 1.29 is 14.3 Å². The fourth-order valence-electron chi connectivity index (χ4n) is 3.09. The minimum atomic E-state index is 0.0366. The third kappa shape index (κ3) is 5.50. The minimum absolute atomic E-state index is 0.0366. The van der Waals surface area contributed by atoms with Crippen LogP contribution < -0.4 is 19.7 Å². The lowest BCUT2D eigenvalue weighted by atomic mass is 9.96. The Balaban J connectivity index is 1.36. The largest absolute Gasteiger partial charge is 0.497 e. The lowest BCUT2D eigenvalue weighted by molar-refractivity contribution is -0.125. The van der Waals surface area contributed by atoms with Crippen molar-refractivity contribution in [3.8, 4) is 11.5 Å². The maximum absolute atomic E-state index is 12.3. The van der Waals surface area contributed by atoms with Crippen LogP contribution in [-0.2, 0) is 4.79 Å². The monoisotopic (exact) mass is 389 g/mol. The molecule has 7 heteroatoms. The summed E-state index contributed by atoms with van der Waals surface area (Å²) in [7, 11) is 1.63. The molecule has 0 saturated carbocycles. The average Bonchev–Trinajstić information content (AvgIpc) is 2.72. The molecule has 27 heavy (non-hydrogen) atoms. The van der Waals surface area contributed by atoms with Gasteiger partial charge in [0.1, 0.15) is 23.9 Å². The van der Waals surface area contributed by atoms with E-state index in [0.717, 1.165) is 43.2 Å². The second-order valence-electron chi connectivity index (χ2n) is 6.41. The number of piperidine rings is 1. The molecule has 0 aliphatic carbocycles. The van der Waals surface area contributed by atoms with Crippen molar-refractivity contribution in [3.63, 3.8) is 0 Å². The van der Waals surface area contributed by atoms with Crippen LogP contribution in [0.5, 0.6) is 11.5 Å². The molecule has 1 fully saturated rings. The number of halogens is 1. The number of amides is 1. The molecule has 2 aromatic rings. The van der Waals surface area contributed by atoms with Crippen molar-refractivity contribution in [2.75, 3.05) is 38.3 Å². The Morgan fingerprint density at radius 1 is 1.19 bits per heavy atom. The van der Waals surface area contributed by atoms with Crippen LogP contribution >= 0.6 is 11.6 Å². The predicted octanol–water partition coefficient (Wildman–Crippen LogP) is 3.16. The summed E-state index contributed by atoms with van der Waals surface area (Å²) in [6.07, 6.45) is 3.28. The maximum atomic E-state index is 12.3. The van der Waals surface area contributed by atoms with Gasteiger partial charge in [0.05, 0.1) is 18.7 Å². The summed E-state index contributed by atoms with van der Waals surface area (Å²) >= 11 is 5.88. The van der Waals surface area contributed by atoms with Gasteiger partial charge in [0.2, 0.25) is 5.91 Å². The summed E-state index contributed by atoms with van der Waals surface area (Å²) in [5, 5.41) is 3.60. The van der Waals surface area contributed by atoms with Gasteiger partial charge >= 0.3 is 0 Å². The lowest BCUT2D eigenvalue weighted by Gasteiger charge is -2.32. The van der Waals surface area contributed by atoms with E-state index >= 15 is 0 Å². The van der Waals surface area contributed by atoms with E-state index in [1.54, 1.807) is 13.3 Å². The van der Waals surface area contributed by atoms with Crippen LogP contribution in [-0.4, -0.2) is 44.2 Å². The number of aromatic nitrogens is 1. The first kappa shape index (κ1) is 19.3. The topological polar surface area (TPSA) is 63.7 Å². The number of nitrogens with one attached hydrogen (secondary N) is 1. The number of carbonyl (C=O) groups is 1. The molecule has 6 nitrogen and oxygen atoms in total. The minimum Gasteiger partial charge on any atom is -0.497 e. The third-order valence-corrected chi connectivity index (χ3v) is 4.85. The van der Waals surface area contributed by atoms with Crippen molar-refractivity contribution in [2.45, 2.75) is 12.8 Å². The number of benzene rings is 1. The molecule has 3 rings (SSSR count). The Hall–Kier alpha value is -2.47. The van der Waals surface area contributed by atoms with Gasteiger partial charge in [-0.25, -0.2) is 4.98 Å². The Morgan fingerprint density at radius 2 is 1.89 bits per heavy atom. The van der Waals surface area contributed by atoms with Crippen LogP contribution in [0.25, 0.3) is 0 Å². The highest BCUT2D eigenvalue weighted by Gasteiger charge is 2.25. The Bertz CT molecular complexity index is 729. The lowest BCUT2D eigenvalue weighted by Crippen LogP contribution is -2.41. The zero-order valence-corrected chi connectivity index (χ0v) is 16.1. The smallest absolute Gasteiger partial charge is 0.223 e. The van der Waals surface area contributed by atoms with Gasteiger partial charge in [-0.2, -0.15) is 0 Å². The van der Waals surface area contributed by atoms with Gasteiger partial charge in [-0.1, -0.05) is 11.6 Å². The summed E-state index contributed by atoms with van der Waals surface area (Å²) in [5.74, 6) is 2.59. The van der Waals surface area contributed by atoms with E-state index in [2.05, 4.69) is 15.2 Å². The van der Waals surface area contributed by atoms with Gasteiger partial charge in [0.15, 0.2) is 0 Å². The molecule has 1 saturated heterocycles. The normalized spacial score (nSPS) is 14.7. The fourth-order valence-corrected chi connectivity index (χ4v) is 3.20. The van der Waals surface area contributed by atoms with Gasteiger partial charge in [-0.3, -0.25) is 4.79 Å². The highest BCUT2D eigenvalue weighted by atomic mass is 35.5. The summed E-state index contributed by atoms with van der Waals surface area (Å²) in [6, 6.07) is 11.1. The second kappa shape index (κ2) is 9.46. The molecule has 1 aliphatic rings. The van der Waals surface area contributed by atoms with Crippen molar-refractivity contribution in [1.29, 1.82) is 0 Å². The third-order valence-electron chi connectivity index (χ3n) is 4.63. The molecule has 0 unspecified atom stereocenters. The van der Waals surface area contributed by atoms with Crippen LogP contribution in [0, 0.1) is 5.92 Å². The van der Waals surface area contributed by atoms with Gasteiger partial charge in [0.25, 0.3) is 0 Å². The van der Waals surface area contributed by atoms with Crippen molar-refractivity contribution in [2.24, 2.45) is 5.92 Å². The quantitative estimate of drug-likeness (QED) is 0.737. The SMILES string of the molecule is COc1ccc(OCCNC(=O)C2CCN(c3ccc(Cl)cn3)CC2)cc1. The van der Waals surface area contributed by atoms with Gasteiger partial charge in [0, 0.05) is 25.2 Å². The van der Waals surface area contributed by atoms with Gasteiger partial charge in [-0.15, -0.1) is 0 Å². The second-order valence-corrected chi connectivity index (χ2v) is 6.85. The van der Waals surface area contributed by atoms with E-state index in [0.29, 0.717) is 18.2 Å². The Labute approximate surface area is 164 Å². The first-order valence-electron chi connectivity index (χ1n) is 9.07. The number of methoxy groups -OCH3 is 1. The van der Waals surface area contributed by atoms with Crippen molar-refractivity contribution in [3.05, 3.63) is 47.6 Å². The van der Waals surface area contributed by atoms with Gasteiger partial charge in [-0.05, 0) is 49.2 Å². The number of ether oxygens (including phenoxy) is 2. The molecular formula is C20H24ClN3O3. The molecular weight excluding hydrogens is 366 g/mol. The highest BCUT2D eigenvalue weighted by Crippen LogP contribution is 2.23. The molecule has 2 heterocycles. The summed E-state index contributed by atoms with van der Waals surface area (Å²) in [6.45, 7) is 2.56. The van der Waals surface area contributed by atoms with Crippen molar-refractivity contribution >= 4 is 23.3 Å². The van der Waals surface area contributed by atoms with Crippen molar-refractivity contribution in [1.82, 2.24) is 10.3 Å². The summed E-state index contributed by atoms with van der Waals surface area (Å²) in [4.78, 5) is 18.9. The Morgan fingerprint density at radius 3 is 2.52 bits per heavy atom. The molecule has 1 N–H and O–H groups in total. The fraction of sp³-hybridized carbons (Fsp3) is 0.400. The summed E-state index contributed by atoms with van der Waals surface area (Å²) < 4.78 is 10.7. The number of rotatable bonds is 7. The van der Waals surface area contributed by atoms with Crippen LogP contribution in [0.1, 0.15) is 12.8 Å². The van der Waals surface area contributed by atoms with Crippen LogP contribution in [0.15, 0.2) is 42.6 Å². The van der Waals surface area contributed by atoms with E-state index in [1.165, 1.54) is 0 Å². The molecule has 0 radical (unpaired) electrons. The summed E-state index contributed by atoms with van der Waals surface area (Å²) in [5.41, 5.74) is 0. The first-order chi connectivity index (χ1) is 13.2. The zero-order valence-electron chi connectivity index (χ0n) is 15.4. The van der Waals surface area contributed by atoms with Crippen LogP contribution in [0.4, 0.5) is 5.82 Å². The predicted molar refractivity (Wildman–Crippen MR) is 106 cm³/mol. The number of pyridine rings is 1. The molecule has 144 valence electrons. The Kier molecular flexibility index (Phi) is 6.76. The van der Waals surface area contributed by atoms with E-state index in [4.69, 9.17) is 21.1 Å². The maximum Gasteiger partial charge on any atom is 0.223 e. The van der Waals surface area contributed by atoms with Crippen LogP contribution in [0.3, 0.4) is 0 Å². The molecule has 1 amide bonds. The number of anilines is 1. The van der Waals surface area contributed by atoms with E-state index in [9.17, 15) is 4.79 Å². The van der Waals surface area contributed by atoms with E-state index in [1.807, 2.05) is 36.4 Å². The molecule has 0 spiro atoms. The molecule has 1 aromatic heterocycles. The van der Waals surface area contributed by atoms with E-state index < -0.39 is 0 Å². The average molecular weight is 390 g/mol.